The van der Waals surface area contributed by atoms with E-state index in [2.05, 4.69) is 11.4 Å². The van der Waals surface area contributed by atoms with Crippen molar-refractivity contribution in [3.8, 4) is 6.07 Å². The summed E-state index contributed by atoms with van der Waals surface area (Å²) in [6.45, 7) is 4.28. The number of furan rings is 1. The monoisotopic (exact) mass is 326 g/mol. The van der Waals surface area contributed by atoms with Crippen molar-refractivity contribution in [2.75, 3.05) is 13.1 Å². The van der Waals surface area contributed by atoms with E-state index in [9.17, 15) is 4.79 Å². The van der Waals surface area contributed by atoms with Gasteiger partial charge in [-0.2, -0.15) is 5.26 Å². The van der Waals surface area contributed by atoms with Gasteiger partial charge >= 0.3 is 0 Å². The summed E-state index contributed by atoms with van der Waals surface area (Å²) in [5.41, 5.74) is 3.58. The minimum atomic E-state index is 0.0414. The highest BCUT2D eigenvalue weighted by Gasteiger charge is 2.24. The van der Waals surface area contributed by atoms with Crippen molar-refractivity contribution in [2.45, 2.75) is 32.4 Å². The topological polar surface area (TPSA) is 74.2 Å². The van der Waals surface area contributed by atoms with Crippen molar-refractivity contribution in [1.82, 2.24) is 14.8 Å². The molecule has 0 spiro atoms. The number of aromatic nitrogens is 1. The van der Waals surface area contributed by atoms with Gasteiger partial charge in [0, 0.05) is 38.4 Å². The number of carbonyl (C=O) groups excluding carboxylic acids is 1. The van der Waals surface area contributed by atoms with Gasteiger partial charge in [0.15, 0.2) is 0 Å². The van der Waals surface area contributed by atoms with Crippen LogP contribution in [0.15, 0.2) is 29.1 Å². The number of hydrogen-bond donors (Lipinski definition) is 1. The molecule has 1 saturated heterocycles. The minimum Gasteiger partial charge on any atom is -0.472 e. The zero-order chi connectivity index (χ0) is 17.1. The first-order valence-corrected chi connectivity index (χ1v) is 8.20. The van der Waals surface area contributed by atoms with E-state index in [0.29, 0.717) is 17.3 Å². The molecule has 1 aliphatic rings. The second-order valence-electron chi connectivity index (χ2n) is 6.27. The Kier molecular flexibility index (Phi) is 4.72. The van der Waals surface area contributed by atoms with E-state index in [1.54, 1.807) is 6.07 Å². The molecule has 6 nitrogen and oxygen atoms in total. The summed E-state index contributed by atoms with van der Waals surface area (Å²) >= 11 is 0. The summed E-state index contributed by atoms with van der Waals surface area (Å²) < 4.78 is 6.90. The first-order chi connectivity index (χ1) is 11.6. The Hall–Kier alpha value is -2.52. The fourth-order valence-corrected chi connectivity index (χ4v) is 3.16. The molecule has 0 aliphatic carbocycles. The van der Waals surface area contributed by atoms with Crippen LogP contribution in [0, 0.1) is 18.3 Å². The van der Waals surface area contributed by atoms with Crippen LogP contribution in [0.5, 0.6) is 0 Å². The third kappa shape index (κ3) is 3.22. The van der Waals surface area contributed by atoms with E-state index < -0.39 is 0 Å². The van der Waals surface area contributed by atoms with Gasteiger partial charge in [0.2, 0.25) is 0 Å². The van der Waals surface area contributed by atoms with E-state index in [1.165, 1.54) is 12.5 Å². The Morgan fingerprint density at radius 3 is 2.79 bits per heavy atom. The van der Waals surface area contributed by atoms with Gasteiger partial charge in [-0.1, -0.05) is 0 Å². The van der Waals surface area contributed by atoms with Gasteiger partial charge in [-0.05, 0) is 37.5 Å². The lowest BCUT2D eigenvalue weighted by Gasteiger charge is -2.32. The Morgan fingerprint density at radius 2 is 2.21 bits per heavy atom. The minimum absolute atomic E-state index is 0.0414. The maximum Gasteiger partial charge on any atom is 0.257 e. The Morgan fingerprint density at radius 1 is 1.46 bits per heavy atom. The van der Waals surface area contributed by atoms with Gasteiger partial charge in [-0.15, -0.1) is 0 Å². The first kappa shape index (κ1) is 16.3. The van der Waals surface area contributed by atoms with Crippen LogP contribution in [0.1, 0.15) is 40.2 Å². The summed E-state index contributed by atoms with van der Waals surface area (Å²) in [5.74, 6) is 0.0414. The van der Waals surface area contributed by atoms with Gasteiger partial charge in [-0.25, -0.2) is 0 Å². The average molecular weight is 326 g/mol. The molecule has 24 heavy (non-hydrogen) atoms. The van der Waals surface area contributed by atoms with Gasteiger partial charge < -0.3 is 19.2 Å². The molecule has 0 saturated carbocycles. The second kappa shape index (κ2) is 6.93. The number of rotatable bonds is 4. The second-order valence-corrected chi connectivity index (χ2v) is 6.27. The zero-order valence-electron chi connectivity index (χ0n) is 14.1. The molecule has 0 unspecified atom stereocenters. The van der Waals surface area contributed by atoms with Crippen molar-refractivity contribution in [1.29, 1.82) is 5.26 Å². The molecular weight excluding hydrogens is 304 g/mol. The van der Waals surface area contributed by atoms with E-state index in [4.69, 9.17) is 9.68 Å². The number of nitriles is 1. The van der Waals surface area contributed by atoms with Crippen LogP contribution in [-0.4, -0.2) is 34.5 Å². The lowest BCUT2D eigenvalue weighted by atomic mass is 10.0. The largest absolute Gasteiger partial charge is 0.472 e. The number of nitrogens with one attached hydrogen (secondary N) is 1. The normalized spacial score (nSPS) is 15.5. The summed E-state index contributed by atoms with van der Waals surface area (Å²) in [4.78, 5) is 14.2. The van der Waals surface area contributed by atoms with Crippen LogP contribution in [0.4, 0.5) is 0 Å². The van der Waals surface area contributed by atoms with Gasteiger partial charge in [-0.3, -0.25) is 4.79 Å². The van der Waals surface area contributed by atoms with E-state index >= 15 is 0 Å². The quantitative estimate of drug-likeness (QED) is 0.934. The number of likely N-dealkylation sites (tertiary alicyclic amines) is 1. The summed E-state index contributed by atoms with van der Waals surface area (Å²) in [6.07, 6.45) is 4.89. The smallest absolute Gasteiger partial charge is 0.257 e. The molecule has 3 heterocycles. The SMILES string of the molecule is Cc1c(CNC2CCN(C(=O)c3ccoc3)CC2)cc(C#N)n1C. The third-order valence-electron chi connectivity index (χ3n) is 4.89. The zero-order valence-corrected chi connectivity index (χ0v) is 14.1. The Bertz CT molecular complexity index is 747. The Balaban J connectivity index is 1.51. The van der Waals surface area contributed by atoms with Crippen molar-refractivity contribution >= 4 is 5.91 Å². The molecular formula is C18H22N4O2. The van der Waals surface area contributed by atoms with Gasteiger partial charge in [0.1, 0.15) is 18.0 Å². The van der Waals surface area contributed by atoms with Crippen molar-refractivity contribution in [3.05, 3.63) is 47.2 Å². The summed E-state index contributed by atoms with van der Waals surface area (Å²) in [7, 11) is 1.91. The van der Waals surface area contributed by atoms with Crippen LogP contribution in [-0.2, 0) is 13.6 Å². The van der Waals surface area contributed by atoms with Crippen LogP contribution in [0.3, 0.4) is 0 Å². The molecule has 3 rings (SSSR count). The molecule has 2 aromatic rings. The number of carbonyl (C=O) groups is 1. The molecule has 126 valence electrons. The number of hydrogen-bond acceptors (Lipinski definition) is 4. The van der Waals surface area contributed by atoms with Crippen molar-refractivity contribution < 1.29 is 9.21 Å². The van der Waals surface area contributed by atoms with Gasteiger partial charge in [0.25, 0.3) is 5.91 Å². The van der Waals surface area contributed by atoms with E-state index in [1.807, 2.05) is 29.5 Å². The standard InChI is InChI=1S/C18H22N4O2/c1-13-15(9-17(10-19)21(13)2)11-20-16-3-6-22(7-4-16)18(23)14-5-8-24-12-14/h5,8-9,12,16,20H,3-4,6-7,11H2,1-2H3. The lowest BCUT2D eigenvalue weighted by molar-refractivity contribution is 0.0704. The molecule has 1 aliphatic heterocycles. The molecule has 0 atom stereocenters. The van der Waals surface area contributed by atoms with Crippen LogP contribution >= 0.6 is 0 Å². The maximum absolute atomic E-state index is 12.3. The van der Waals surface area contributed by atoms with Crippen LogP contribution < -0.4 is 5.32 Å². The first-order valence-electron chi connectivity index (χ1n) is 8.20. The highest BCUT2D eigenvalue weighted by molar-refractivity contribution is 5.93. The van der Waals surface area contributed by atoms with Gasteiger partial charge in [0.05, 0.1) is 11.8 Å². The molecule has 2 aromatic heterocycles. The maximum atomic E-state index is 12.3. The summed E-state index contributed by atoms with van der Waals surface area (Å²) in [6, 6.07) is 6.25. The van der Waals surface area contributed by atoms with Crippen LogP contribution in [0.25, 0.3) is 0 Å². The summed E-state index contributed by atoms with van der Waals surface area (Å²) in [5, 5.41) is 12.7. The third-order valence-corrected chi connectivity index (χ3v) is 4.89. The molecule has 1 amide bonds. The molecule has 0 bridgehead atoms. The highest BCUT2D eigenvalue weighted by atomic mass is 16.3. The molecule has 1 N–H and O–H groups in total. The molecule has 0 aromatic carbocycles. The fraction of sp³-hybridized carbons (Fsp3) is 0.444. The van der Waals surface area contributed by atoms with E-state index in [0.717, 1.165) is 43.7 Å². The predicted molar refractivity (Wildman–Crippen MR) is 89.3 cm³/mol. The van der Waals surface area contributed by atoms with Crippen molar-refractivity contribution in [2.24, 2.45) is 7.05 Å². The number of amides is 1. The Labute approximate surface area is 141 Å². The highest BCUT2D eigenvalue weighted by Crippen LogP contribution is 2.17. The molecule has 1 fully saturated rings. The molecule has 0 radical (unpaired) electrons. The van der Waals surface area contributed by atoms with Crippen molar-refractivity contribution in [3.63, 3.8) is 0 Å². The molecule has 6 heteroatoms. The number of piperidine rings is 1. The predicted octanol–water partition coefficient (Wildman–Crippen LogP) is 2.19. The lowest BCUT2D eigenvalue weighted by Crippen LogP contribution is -2.44. The van der Waals surface area contributed by atoms with Crippen LogP contribution in [0.2, 0.25) is 0 Å². The fourth-order valence-electron chi connectivity index (χ4n) is 3.16. The average Bonchev–Trinajstić information content (AvgIpc) is 3.23. The van der Waals surface area contributed by atoms with E-state index in [-0.39, 0.29) is 5.91 Å². The number of nitrogens with zero attached hydrogens (tertiary/aromatic N) is 3.